The molecule has 0 saturated heterocycles. The number of halogens is 2. The van der Waals surface area contributed by atoms with Gasteiger partial charge in [-0.15, -0.1) is 0 Å². The van der Waals surface area contributed by atoms with E-state index in [4.69, 9.17) is 27.9 Å². The van der Waals surface area contributed by atoms with E-state index in [1.165, 1.54) is 0 Å². The molecule has 104 valence electrons. The maximum absolute atomic E-state index is 11.6. The van der Waals surface area contributed by atoms with E-state index in [1.807, 2.05) is 24.3 Å². The Bertz CT molecular complexity index is 550. The Morgan fingerprint density at radius 3 is 2.45 bits per heavy atom. The van der Waals surface area contributed by atoms with Crippen molar-refractivity contribution < 1.29 is 9.53 Å². The van der Waals surface area contributed by atoms with Crippen LogP contribution in [0.1, 0.15) is 5.56 Å². The summed E-state index contributed by atoms with van der Waals surface area (Å²) in [4.78, 5) is 11.6. The third-order valence-corrected chi connectivity index (χ3v) is 3.02. The van der Waals surface area contributed by atoms with Gasteiger partial charge in [0.1, 0.15) is 13.2 Å². The highest BCUT2D eigenvalue weighted by molar-refractivity contribution is 6.31. The summed E-state index contributed by atoms with van der Waals surface area (Å²) in [7, 11) is 0. The average Bonchev–Trinajstić information content (AvgIpc) is 2.43. The maximum Gasteiger partial charge on any atom is 0.325 e. The summed E-state index contributed by atoms with van der Waals surface area (Å²) in [5.41, 5.74) is 1.63. The zero-order chi connectivity index (χ0) is 14.4. The number of anilines is 1. The van der Waals surface area contributed by atoms with Crippen LogP contribution < -0.4 is 5.32 Å². The fourth-order valence-electron chi connectivity index (χ4n) is 1.61. The summed E-state index contributed by atoms with van der Waals surface area (Å²) in [6, 6.07) is 14.3. The molecular weight excluding hydrogens is 297 g/mol. The molecule has 0 fully saturated rings. The third-order valence-electron chi connectivity index (χ3n) is 2.55. The number of benzene rings is 2. The van der Waals surface area contributed by atoms with Crippen LogP contribution in [0.25, 0.3) is 0 Å². The smallest absolute Gasteiger partial charge is 0.325 e. The molecule has 0 bridgehead atoms. The van der Waals surface area contributed by atoms with Crippen molar-refractivity contribution in [1.82, 2.24) is 0 Å². The van der Waals surface area contributed by atoms with Gasteiger partial charge in [-0.25, -0.2) is 0 Å². The van der Waals surface area contributed by atoms with Crippen molar-refractivity contribution in [2.24, 2.45) is 0 Å². The highest BCUT2D eigenvalue weighted by Gasteiger charge is 2.04. The van der Waals surface area contributed by atoms with Crippen LogP contribution in [-0.2, 0) is 16.1 Å². The first-order valence-corrected chi connectivity index (χ1v) is 6.78. The van der Waals surface area contributed by atoms with Crippen molar-refractivity contribution in [3.8, 4) is 0 Å². The Labute approximate surface area is 127 Å². The van der Waals surface area contributed by atoms with Gasteiger partial charge in [-0.2, -0.15) is 0 Å². The number of rotatable bonds is 5. The zero-order valence-corrected chi connectivity index (χ0v) is 12.1. The monoisotopic (exact) mass is 309 g/mol. The molecule has 2 rings (SSSR count). The summed E-state index contributed by atoms with van der Waals surface area (Å²) in [6.07, 6.45) is 0. The van der Waals surface area contributed by atoms with Gasteiger partial charge < -0.3 is 10.1 Å². The van der Waals surface area contributed by atoms with E-state index in [9.17, 15) is 4.79 Å². The van der Waals surface area contributed by atoms with E-state index in [2.05, 4.69) is 5.32 Å². The maximum atomic E-state index is 11.6. The Kier molecular flexibility index (Phi) is 5.27. The van der Waals surface area contributed by atoms with Gasteiger partial charge >= 0.3 is 5.97 Å². The molecule has 0 atom stereocenters. The van der Waals surface area contributed by atoms with Crippen molar-refractivity contribution in [2.45, 2.75) is 6.61 Å². The predicted octanol–water partition coefficient (Wildman–Crippen LogP) is 4.15. The lowest BCUT2D eigenvalue weighted by molar-refractivity contribution is -0.142. The van der Waals surface area contributed by atoms with Gasteiger partial charge in [-0.3, -0.25) is 4.79 Å². The molecule has 0 aliphatic rings. The molecule has 20 heavy (non-hydrogen) atoms. The third kappa shape index (κ3) is 4.76. The molecule has 0 spiro atoms. The van der Waals surface area contributed by atoms with Crippen LogP contribution in [0.5, 0.6) is 0 Å². The van der Waals surface area contributed by atoms with Gasteiger partial charge in [0, 0.05) is 15.7 Å². The van der Waals surface area contributed by atoms with E-state index < -0.39 is 0 Å². The molecule has 5 heteroatoms. The van der Waals surface area contributed by atoms with Gasteiger partial charge in [0.15, 0.2) is 0 Å². The predicted molar refractivity (Wildman–Crippen MR) is 81.2 cm³/mol. The normalized spacial score (nSPS) is 10.1. The molecule has 0 saturated carbocycles. The van der Waals surface area contributed by atoms with Crippen LogP contribution in [-0.4, -0.2) is 12.5 Å². The van der Waals surface area contributed by atoms with Crippen molar-refractivity contribution in [3.63, 3.8) is 0 Å². The molecule has 2 aromatic rings. The lowest BCUT2D eigenvalue weighted by Gasteiger charge is -2.08. The van der Waals surface area contributed by atoms with Gasteiger partial charge in [0.25, 0.3) is 0 Å². The van der Waals surface area contributed by atoms with Crippen molar-refractivity contribution in [3.05, 3.63) is 64.1 Å². The van der Waals surface area contributed by atoms with Crippen molar-refractivity contribution >= 4 is 34.9 Å². The first-order valence-electron chi connectivity index (χ1n) is 6.03. The van der Waals surface area contributed by atoms with E-state index in [0.717, 1.165) is 11.3 Å². The number of carbonyl (C=O) groups is 1. The SMILES string of the molecule is O=C(CNc1cccc(Cl)c1)OCc1cccc(Cl)c1. The quantitative estimate of drug-likeness (QED) is 0.843. The fraction of sp³-hybridized carbons (Fsp3) is 0.133. The van der Waals surface area contributed by atoms with Crippen LogP contribution in [0.3, 0.4) is 0 Å². The van der Waals surface area contributed by atoms with Crippen LogP contribution >= 0.6 is 23.2 Å². The summed E-state index contributed by atoms with van der Waals surface area (Å²) < 4.78 is 5.14. The number of hydrogen-bond acceptors (Lipinski definition) is 3. The van der Waals surface area contributed by atoms with Gasteiger partial charge in [-0.05, 0) is 35.9 Å². The van der Waals surface area contributed by atoms with E-state index >= 15 is 0 Å². The van der Waals surface area contributed by atoms with Crippen LogP contribution in [0.2, 0.25) is 10.0 Å². The van der Waals surface area contributed by atoms with E-state index in [-0.39, 0.29) is 19.1 Å². The highest BCUT2D eigenvalue weighted by Crippen LogP contribution is 2.15. The average molecular weight is 310 g/mol. The van der Waals surface area contributed by atoms with Gasteiger partial charge in [0.05, 0.1) is 0 Å². The van der Waals surface area contributed by atoms with Crippen molar-refractivity contribution in [2.75, 3.05) is 11.9 Å². The zero-order valence-electron chi connectivity index (χ0n) is 10.6. The molecule has 0 heterocycles. The molecule has 2 aromatic carbocycles. The molecule has 0 amide bonds. The van der Waals surface area contributed by atoms with Crippen LogP contribution in [0.15, 0.2) is 48.5 Å². The lowest BCUT2D eigenvalue weighted by atomic mass is 10.2. The number of hydrogen-bond donors (Lipinski definition) is 1. The first kappa shape index (κ1) is 14.7. The first-order chi connectivity index (χ1) is 9.63. The molecule has 0 unspecified atom stereocenters. The molecule has 0 radical (unpaired) electrons. The van der Waals surface area contributed by atoms with Gasteiger partial charge in [0.2, 0.25) is 0 Å². The topological polar surface area (TPSA) is 38.3 Å². The highest BCUT2D eigenvalue weighted by atomic mass is 35.5. The number of esters is 1. The minimum Gasteiger partial charge on any atom is -0.460 e. The number of ether oxygens (including phenoxy) is 1. The molecule has 3 nitrogen and oxygen atoms in total. The Morgan fingerprint density at radius 1 is 1.05 bits per heavy atom. The Morgan fingerprint density at radius 2 is 1.75 bits per heavy atom. The fourth-order valence-corrected chi connectivity index (χ4v) is 2.02. The molecule has 0 aliphatic heterocycles. The van der Waals surface area contributed by atoms with E-state index in [0.29, 0.717) is 10.0 Å². The second-order valence-electron chi connectivity index (χ2n) is 4.15. The minimum absolute atomic E-state index is 0.0842. The summed E-state index contributed by atoms with van der Waals surface area (Å²) >= 11 is 11.7. The molecule has 0 aromatic heterocycles. The van der Waals surface area contributed by atoms with Crippen LogP contribution in [0, 0.1) is 0 Å². The summed E-state index contributed by atoms with van der Waals surface area (Å²) in [5, 5.41) is 4.18. The number of carbonyl (C=O) groups excluding carboxylic acids is 1. The number of nitrogens with one attached hydrogen (secondary N) is 1. The lowest BCUT2D eigenvalue weighted by Crippen LogP contribution is -2.16. The standard InChI is InChI=1S/C15H13Cl2NO2/c16-12-4-1-3-11(7-12)10-20-15(19)9-18-14-6-2-5-13(17)8-14/h1-8,18H,9-10H2. The largest absolute Gasteiger partial charge is 0.460 e. The molecular formula is C15H13Cl2NO2. The van der Waals surface area contributed by atoms with Crippen molar-refractivity contribution in [1.29, 1.82) is 0 Å². The minimum atomic E-state index is -0.343. The Hall–Kier alpha value is -1.71. The summed E-state index contributed by atoms with van der Waals surface area (Å²) in [6.45, 7) is 0.289. The second-order valence-corrected chi connectivity index (χ2v) is 5.03. The van der Waals surface area contributed by atoms with Crippen LogP contribution in [0.4, 0.5) is 5.69 Å². The Balaban J connectivity index is 1.78. The summed E-state index contributed by atoms with van der Waals surface area (Å²) in [5.74, 6) is -0.343. The molecule has 1 N–H and O–H groups in total. The molecule has 0 aliphatic carbocycles. The van der Waals surface area contributed by atoms with E-state index in [1.54, 1.807) is 24.3 Å². The van der Waals surface area contributed by atoms with Gasteiger partial charge in [-0.1, -0.05) is 41.4 Å². The second kappa shape index (κ2) is 7.17.